The summed E-state index contributed by atoms with van der Waals surface area (Å²) < 4.78 is 14.5. The topological polar surface area (TPSA) is 41.5 Å². The van der Waals surface area contributed by atoms with Crippen molar-refractivity contribution < 1.29 is 13.9 Å². The fraction of sp³-hybridized carbons (Fsp3) is 1.00. The summed E-state index contributed by atoms with van der Waals surface area (Å²) in [7, 11) is -3.15. The van der Waals surface area contributed by atoms with E-state index >= 15 is 4.89 Å². The summed E-state index contributed by atoms with van der Waals surface area (Å²) in [5.74, 6) is 7.07. The molecule has 1 saturated heterocycles. The second-order valence-electron chi connectivity index (χ2n) is 16.5. The Bertz CT molecular complexity index is 760. The van der Waals surface area contributed by atoms with Gasteiger partial charge >= 0.3 is 0 Å². The van der Waals surface area contributed by atoms with Crippen LogP contribution in [0.5, 0.6) is 0 Å². The van der Waals surface area contributed by atoms with Crippen molar-refractivity contribution in [2.45, 2.75) is 135 Å². The standard InChI is InChI=1S/C32H51O3P/c1-19(2)27-5-4-20(3)6-28(27)36(33)34-29(31-13-21-7-22(14-31)9-23(8-21)15-31)30(35-36)32-16-24-10-25(17-32)12-26(11-24)18-32/h19-30H,4-18H2,1-3H3/t20-,21?,22?,23?,24?,25?,26?,27+,28-,29-,30-,31?,32?,36?/m1/s1. The third kappa shape index (κ3) is 3.57. The molecule has 10 fully saturated rings. The van der Waals surface area contributed by atoms with Gasteiger partial charge in [0.15, 0.2) is 0 Å². The first-order valence-electron chi connectivity index (χ1n) is 16.2. The third-order valence-corrected chi connectivity index (χ3v) is 16.0. The van der Waals surface area contributed by atoms with Gasteiger partial charge in [-0.25, -0.2) is 9.05 Å². The van der Waals surface area contributed by atoms with Crippen LogP contribution in [-0.4, -0.2) is 17.9 Å². The van der Waals surface area contributed by atoms with Gasteiger partial charge < -0.3 is 4.89 Å². The van der Waals surface area contributed by atoms with Gasteiger partial charge in [-0.3, -0.25) is 0 Å². The predicted molar refractivity (Wildman–Crippen MR) is 143 cm³/mol. The SMILES string of the molecule is CC(C)[C@@H]1CC[C@@H](C)C[C@H]1[P+]1([O-])O[C@@H](C23CC4CC(CC(C4)C2)C3)[C@H](C23CC4CC(CC(C4)C2)C3)O1. The highest BCUT2D eigenvalue weighted by Gasteiger charge is 2.71. The van der Waals surface area contributed by atoms with Gasteiger partial charge in [0.2, 0.25) is 7.94 Å². The first-order valence-corrected chi connectivity index (χ1v) is 17.8. The Kier molecular flexibility index (Phi) is 5.48. The van der Waals surface area contributed by atoms with Crippen molar-refractivity contribution in [2.24, 2.45) is 64.1 Å². The van der Waals surface area contributed by atoms with Gasteiger partial charge in [-0.05, 0) is 137 Å². The maximum Gasteiger partial charge on any atom is 0.242 e. The van der Waals surface area contributed by atoms with Crippen molar-refractivity contribution >= 4 is 7.94 Å². The van der Waals surface area contributed by atoms with E-state index in [1.807, 2.05) is 0 Å². The fourth-order valence-corrected chi connectivity index (χ4v) is 16.3. The van der Waals surface area contributed by atoms with Gasteiger partial charge in [0.05, 0.1) is 0 Å². The molecule has 0 amide bonds. The Morgan fingerprint density at radius 1 is 0.639 bits per heavy atom. The molecule has 36 heavy (non-hydrogen) atoms. The van der Waals surface area contributed by atoms with Crippen LogP contribution in [0.4, 0.5) is 0 Å². The van der Waals surface area contributed by atoms with E-state index < -0.39 is 7.94 Å². The molecular formula is C32H51O3P. The largest absolute Gasteiger partial charge is 0.631 e. The first-order chi connectivity index (χ1) is 17.2. The Hall–Kier alpha value is 0.310. The summed E-state index contributed by atoms with van der Waals surface area (Å²) >= 11 is 0. The van der Waals surface area contributed by atoms with Crippen LogP contribution >= 0.6 is 7.94 Å². The minimum absolute atomic E-state index is 0.109. The Labute approximate surface area is 220 Å². The number of hydrogen-bond acceptors (Lipinski definition) is 3. The van der Waals surface area contributed by atoms with Crippen molar-refractivity contribution in [3.8, 4) is 0 Å². The second-order valence-corrected chi connectivity index (χ2v) is 18.7. The van der Waals surface area contributed by atoms with Crippen molar-refractivity contribution in [3.63, 3.8) is 0 Å². The summed E-state index contributed by atoms with van der Waals surface area (Å²) in [6.07, 6.45) is 20.5. The van der Waals surface area contributed by atoms with Gasteiger partial charge in [-0.2, -0.15) is 0 Å². The van der Waals surface area contributed by atoms with E-state index in [4.69, 9.17) is 9.05 Å². The van der Waals surface area contributed by atoms with Gasteiger partial charge in [-0.15, -0.1) is 0 Å². The maximum atomic E-state index is 15.2. The summed E-state index contributed by atoms with van der Waals surface area (Å²) in [5.41, 5.74) is 0.627. The van der Waals surface area contributed by atoms with Crippen LogP contribution < -0.4 is 4.89 Å². The molecule has 0 N–H and O–H groups in total. The third-order valence-electron chi connectivity index (χ3n) is 13.6. The fourth-order valence-electron chi connectivity index (χ4n) is 13.0. The molecule has 5 atom stereocenters. The van der Waals surface area contributed by atoms with Crippen molar-refractivity contribution in [1.82, 2.24) is 0 Å². The van der Waals surface area contributed by atoms with E-state index in [0.29, 0.717) is 17.8 Å². The lowest BCUT2D eigenvalue weighted by Crippen LogP contribution is -2.60. The number of rotatable bonds is 4. The molecule has 9 aliphatic carbocycles. The molecule has 9 saturated carbocycles. The highest BCUT2D eigenvalue weighted by atomic mass is 31.2. The molecule has 1 aliphatic heterocycles. The average Bonchev–Trinajstić information content (AvgIpc) is 3.18. The van der Waals surface area contributed by atoms with Gasteiger partial charge in [-0.1, -0.05) is 27.2 Å². The molecule has 0 aromatic rings. The van der Waals surface area contributed by atoms with E-state index in [9.17, 15) is 0 Å². The lowest BCUT2D eigenvalue weighted by atomic mass is 9.44. The van der Waals surface area contributed by atoms with Crippen LogP contribution in [0.25, 0.3) is 0 Å². The first kappa shape index (κ1) is 24.1. The van der Waals surface area contributed by atoms with Crippen LogP contribution in [0.1, 0.15) is 117 Å². The molecule has 202 valence electrons. The zero-order chi connectivity index (χ0) is 24.4. The minimum atomic E-state index is -3.15. The maximum absolute atomic E-state index is 15.2. The Morgan fingerprint density at radius 3 is 1.39 bits per heavy atom. The molecule has 0 aromatic heterocycles. The highest BCUT2D eigenvalue weighted by Crippen LogP contribution is 2.77. The van der Waals surface area contributed by atoms with E-state index in [2.05, 4.69) is 20.8 Å². The van der Waals surface area contributed by atoms with Crippen molar-refractivity contribution in [1.29, 1.82) is 0 Å². The molecule has 10 rings (SSSR count). The second kappa shape index (κ2) is 8.17. The van der Waals surface area contributed by atoms with E-state index in [1.54, 1.807) is 0 Å². The van der Waals surface area contributed by atoms with Crippen molar-refractivity contribution in [2.75, 3.05) is 0 Å². The summed E-state index contributed by atoms with van der Waals surface area (Å²) in [6.45, 7) is 7.07. The molecule has 0 aromatic carbocycles. The van der Waals surface area contributed by atoms with Crippen LogP contribution in [0.3, 0.4) is 0 Å². The Balaban J connectivity index is 1.19. The normalized spacial score (nSPS) is 61.4. The average molecular weight is 515 g/mol. The van der Waals surface area contributed by atoms with Crippen LogP contribution in [0.15, 0.2) is 0 Å². The molecule has 3 nitrogen and oxygen atoms in total. The number of hydrogen-bond donors (Lipinski definition) is 0. The lowest BCUT2D eigenvalue weighted by Gasteiger charge is -2.62. The molecule has 0 unspecified atom stereocenters. The molecular weight excluding hydrogens is 463 g/mol. The Morgan fingerprint density at radius 2 is 1.03 bits per heavy atom. The quantitative estimate of drug-likeness (QED) is 0.360. The molecule has 0 spiro atoms. The van der Waals surface area contributed by atoms with Crippen LogP contribution in [-0.2, 0) is 9.05 Å². The zero-order valence-corrected chi connectivity index (χ0v) is 24.1. The van der Waals surface area contributed by atoms with Crippen LogP contribution in [0.2, 0.25) is 0 Å². The molecule has 4 heteroatoms. The lowest BCUT2D eigenvalue weighted by molar-refractivity contribution is -0.219. The van der Waals surface area contributed by atoms with Gasteiger partial charge in [0.25, 0.3) is 0 Å². The predicted octanol–water partition coefficient (Wildman–Crippen LogP) is 7.79. The van der Waals surface area contributed by atoms with Crippen LogP contribution in [0, 0.1) is 64.1 Å². The molecule has 0 radical (unpaired) electrons. The summed E-state index contributed by atoms with van der Waals surface area (Å²) in [6, 6.07) is 0. The van der Waals surface area contributed by atoms with Gasteiger partial charge in [0, 0.05) is 16.7 Å². The minimum Gasteiger partial charge on any atom is -0.631 e. The van der Waals surface area contributed by atoms with E-state index in [0.717, 1.165) is 41.9 Å². The monoisotopic (exact) mass is 514 g/mol. The summed E-state index contributed by atoms with van der Waals surface area (Å²) in [5, 5.41) is 0. The summed E-state index contributed by atoms with van der Waals surface area (Å²) in [4.78, 5) is 15.2. The molecule has 1 heterocycles. The van der Waals surface area contributed by atoms with Crippen molar-refractivity contribution in [3.05, 3.63) is 0 Å². The smallest absolute Gasteiger partial charge is 0.242 e. The molecule has 10 aliphatic rings. The highest BCUT2D eigenvalue weighted by molar-refractivity contribution is 7.60. The van der Waals surface area contributed by atoms with E-state index in [-0.39, 0.29) is 28.7 Å². The van der Waals surface area contributed by atoms with Gasteiger partial charge in [0.1, 0.15) is 17.9 Å². The zero-order valence-electron chi connectivity index (χ0n) is 23.2. The molecule has 8 bridgehead atoms. The van der Waals surface area contributed by atoms with E-state index in [1.165, 1.54) is 89.9 Å².